The molecule has 0 radical (unpaired) electrons. The Labute approximate surface area is 157 Å². The number of hydrogen-bond donors (Lipinski definition) is 2. The van der Waals surface area contributed by atoms with Gasteiger partial charge >= 0.3 is 0 Å². The molecule has 0 aliphatic rings. The zero-order valence-electron chi connectivity index (χ0n) is 13.6. The van der Waals surface area contributed by atoms with E-state index in [0.29, 0.717) is 0 Å². The maximum absolute atomic E-state index is 12.2. The van der Waals surface area contributed by atoms with Crippen molar-refractivity contribution in [2.45, 2.75) is 9.79 Å². The summed E-state index contributed by atoms with van der Waals surface area (Å²) in [5, 5.41) is 21.3. The first-order valence-corrected chi connectivity index (χ1v) is 9.97. The number of nitrogens with one attached hydrogen (secondary N) is 1. The Kier molecular flexibility index (Phi) is 5.60. The molecule has 0 saturated heterocycles. The molecular formula is C13H11N5O8S2. The van der Waals surface area contributed by atoms with E-state index in [0.717, 1.165) is 48.5 Å². The fraction of sp³-hybridized carbons (Fsp3) is 0. The van der Waals surface area contributed by atoms with Gasteiger partial charge in [0.25, 0.3) is 31.4 Å². The van der Waals surface area contributed by atoms with Gasteiger partial charge in [-0.1, -0.05) is 6.07 Å². The van der Waals surface area contributed by atoms with Crippen LogP contribution in [-0.4, -0.2) is 32.6 Å². The summed E-state index contributed by atoms with van der Waals surface area (Å²) >= 11 is 0. The minimum absolute atomic E-state index is 0.353. The van der Waals surface area contributed by atoms with Gasteiger partial charge in [0.05, 0.1) is 19.6 Å². The Morgan fingerprint density at radius 3 is 2.00 bits per heavy atom. The Balaban J connectivity index is 2.30. The Morgan fingerprint density at radius 1 is 0.893 bits per heavy atom. The molecule has 3 N–H and O–H groups in total. The van der Waals surface area contributed by atoms with Crippen molar-refractivity contribution in [2.75, 3.05) is 0 Å². The van der Waals surface area contributed by atoms with Gasteiger partial charge in [-0.15, -0.1) is 4.40 Å². The summed E-state index contributed by atoms with van der Waals surface area (Å²) in [5.41, 5.74) is 4.47. The normalized spacial score (nSPS) is 12.4. The van der Waals surface area contributed by atoms with Crippen molar-refractivity contribution in [1.29, 1.82) is 0 Å². The predicted octanol–water partition coefficient (Wildman–Crippen LogP) is 0.485. The Hall–Kier alpha value is -3.59. The molecule has 15 heteroatoms. The third-order valence-corrected chi connectivity index (χ3v) is 5.80. The summed E-state index contributed by atoms with van der Waals surface area (Å²) in [5.74, 6) is -1.02. The molecule has 0 bridgehead atoms. The van der Waals surface area contributed by atoms with E-state index in [-0.39, 0.29) is 5.69 Å². The molecule has 0 amide bonds. The molecule has 2 aromatic rings. The highest BCUT2D eigenvalue weighted by Crippen LogP contribution is 2.19. The second-order valence-electron chi connectivity index (χ2n) is 5.06. The number of nitro benzene ring substituents is 2. The van der Waals surface area contributed by atoms with Crippen LogP contribution in [0.25, 0.3) is 0 Å². The highest BCUT2D eigenvalue weighted by atomic mass is 32.2. The zero-order chi connectivity index (χ0) is 21.1. The first kappa shape index (κ1) is 20.7. The molecular weight excluding hydrogens is 418 g/mol. The average molecular weight is 429 g/mol. The molecule has 0 unspecified atom stereocenters. The number of non-ortho nitro benzene ring substituents is 2. The Morgan fingerprint density at radius 2 is 1.46 bits per heavy atom. The first-order valence-electron chi connectivity index (χ1n) is 7.04. The van der Waals surface area contributed by atoms with Crippen molar-refractivity contribution in [3.63, 3.8) is 0 Å². The molecule has 0 fully saturated rings. The fourth-order valence-corrected chi connectivity index (χ4v) is 3.82. The van der Waals surface area contributed by atoms with Gasteiger partial charge in [0.15, 0.2) is 0 Å². The van der Waals surface area contributed by atoms with Crippen LogP contribution >= 0.6 is 0 Å². The minimum atomic E-state index is -4.55. The maximum atomic E-state index is 12.2. The molecule has 2 aromatic carbocycles. The summed E-state index contributed by atoms with van der Waals surface area (Å²) in [6, 6.07) is 7.62. The first-order chi connectivity index (χ1) is 12.9. The van der Waals surface area contributed by atoms with Crippen molar-refractivity contribution in [3.8, 4) is 0 Å². The molecule has 0 saturated carbocycles. The lowest BCUT2D eigenvalue weighted by Crippen LogP contribution is -2.37. The fourth-order valence-electron chi connectivity index (χ4n) is 1.90. The third-order valence-electron chi connectivity index (χ3n) is 3.14. The monoisotopic (exact) mass is 429 g/mol. The van der Waals surface area contributed by atoms with Crippen LogP contribution in [0.3, 0.4) is 0 Å². The number of sulfonamides is 2. The average Bonchev–Trinajstić information content (AvgIpc) is 2.60. The molecule has 0 spiro atoms. The van der Waals surface area contributed by atoms with Gasteiger partial charge in [-0.05, 0) is 18.2 Å². The lowest BCUT2D eigenvalue weighted by molar-refractivity contribution is -0.385. The van der Waals surface area contributed by atoms with Crippen LogP contribution in [0.2, 0.25) is 0 Å². The highest BCUT2D eigenvalue weighted by Gasteiger charge is 2.21. The van der Waals surface area contributed by atoms with E-state index in [4.69, 9.17) is 5.73 Å². The van der Waals surface area contributed by atoms with E-state index in [2.05, 4.69) is 4.40 Å². The number of guanidine groups is 1. The van der Waals surface area contributed by atoms with Crippen molar-refractivity contribution in [1.82, 2.24) is 4.72 Å². The van der Waals surface area contributed by atoms with E-state index in [1.165, 1.54) is 0 Å². The number of rotatable bonds is 6. The largest absolute Gasteiger partial charge is 0.368 e. The molecule has 148 valence electrons. The van der Waals surface area contributed by atoms with Gasteiger partial charge in [-0.25, -0.2) is 13.1 Å². The smallest absolute Gasteiger partial charge is 0.285 e. The van der Waals surface area contributed by atoms with Gasteiger partial charge in [0.2, 0.25) is 5.96 Å². The van der Waals surface area contributed by atoms with E-state index in [9.17, 15) is 37.1 Å². The lowest BCUT2D eigenvalue weighted by Gasteiger charge is -2.07. The predicted molar refractivity (Wildman–Crippen MR) is 95.3 cm³/mol. The second kappa shape index (κ2) is 7.57. The summed E-state index contributed by atoms with van der Waals surface area (Å²) in [4.78, 5) is 18.8. The quantitative estimate of drug-likeness (QED) is 0.283. The van der Waals surface area contributed by atoms with Crippen LogP contribution < -0.4 is 10.5 Å². The molecule has 0 atom stereocenters. The van der Waals surface area contributed by atoms with Crippen molar-refractivity contribution in [2.24, 2.45) is 10.1 Å². The summed E-state index contributed by atoms with van der Waals surface area (Å²) in [7, 11) is -8.93. The van der Waals surface area contributed by atoms with Crippen molar-refractivity contribution < 1.29 is 26.7 Å². The lowest BCUT2D eigenvalue weighted by atomic mass is 10.3. The van der Waals surface area contributed by atoms with Crippen molar-refractivity contribution in [3.05, 3.63) is 68.8 Å². The SMILES string of the molecule is N/C(=N/S(=O)(=O)c1cccc([N+](=O)[O-])c1)NS(=O)(=O)c1ccc([N+](=O)[O-])cc1. The van der Waals surface area contributed by atoms with Gasteiger partial charge in [-0.3, -0.25) is 20.2 Å². The third kappa shape index (κ3) is 4.77. The van der Waals surface area contributed by atoms with Crippen LogP contribution in [0, 0.1) is 20.2 Å². The van der Waals surface area contributed by atoms with E-state index >= 15 is 0 Å². The number of nitrogens with two attached hydrogens (primary N) is 1. The Bertz CT molecular complexity index is 1170. The summed E-state index contributed by atoms with van der Waals surface area (Å²) in [6.45, 7) is 0. The molecule has 0 heterocycles. The second-order valence-corrected chi connectivity index (χ2v) is 8.35. The number of nitrogens with zero attached hydrogens (tertiary/aromatic N) is 3. The molecule has 0 aliphatic heterocycles. The van der Waals surface area contributed by atoms with Gasteiger partial charge in [0.1, 0.15) is 0 Å². The van der Waals surface area contributed by atoms with Crippen LogP contribution in [0.15, 0.2) is 62.7 Å². The van der Waals surface area contributed by atoms with Crippen molar-refractivity contribution >= 4 is 37.4 Å². The van der Waals surface area contributed by atoms with E-state index in [1.54, 1.807) is 4.72 Å². The summed E-state index contributed by atoms with van der Waals surface area (Å²) in [6.07, 6.45) is 0. The molecule has 2 rings (SSSR count). The zero-order valence-corrected chi connectivity index (χ0v) is 15.3. The van der Waals surface area contributed by atoms with E-state index < -0.39 is 51.3 Å². The van der Waals surface area contributed by atoms with Gasteiger partial charge < -0.3 is 5.73 Å². The number of benzene rings is 2. The van der Waals surface area contributed by atoms with Gasteiger partial charge in [-0.2, -0.15) is 8.42 Å². The molecule has 13 nitrogen and oxygen atoms in total. The topological polar surface area (TPSA) is 205 Å². The van der Waals surface area contributed by atoms with Crippen LogP contribution in [0.1, 0.15) is 0 Å². The highest BCUT2D eigenvalue weighted by molar-refractivity contribution is 7.91. The number of hydrogen-bond acceptors (Lipinski definition) is 8. The summed E-state index contributed by atoms with van der Waals surface area (Å²) < 4.78 is 53.4. The standard InChI is InChI=1S/C13H11N5O8S2/c14-13(15-27(23,24)11-6-4-9(5-7-11)17(19)20)16-28(25,26)12-3-1-2-10(8-12)18(21)22/h1-8H,(H3,14,15,16). The maximum Gasteiger partial charge on any atom is 0.285 e. The minimum Gasteiger partial charge on any atom is -0.368 e. The number of nitro groups is 2. The van der Waals surface area contributed by atoms with Crippen LogP contribution in [-0.2, 0) is 20.0 Å². The molecule has 0 aliphatic carbocycles. The van der Waals surface area contributed by atoms with Crippen LogP contribution in [0.5, 0.6) is 0 Å². The van der Waals surface area contributed by atoms with E-state index in [1.807, 2.05) is 0 Å². The molecule has 0 aromatic heterocycles. The molecule has 28 heavy (non-hydrogen) atoms. The van der Waals surface area contributed by atoms with Crippen LogP contribution in [0.4, 0.5) is 11.4 Å². The van der Waals surface area contributed by atoms with Gasteiger partial charge in [0, 0.05) is 24.3 Å².